The van der Waals surface area contributed by atoms with Crippen molar-refractivity contribution in [2.75, 3.05) is 19.7 Å². The molecule has 0 bridgehead atoms. The molecule has 0 radical (unpaired) electrons. The van der Waals surface area contributed by atoms with E-state index in [2.05, 4.69) is 12.2 Å². The number of nitrogens with one attached hydrogen (secondary N) is 1. The van der Waals surface area contributed by atoms with Gasteiger partial charge in [0.2, 0.25) is 0 Å². The summed E-state index contributed by atoms with van der Waals surface area (Å²) in [5.41, 5.74) is 0. The first-order valence-corrected chi connectivity index (χ1v) is 4.32. The van der Waals surface area contributed by atoms with Crippen molar-refractivity contribution in [2.24, 2.45) is 0 Å². The average Bonchev–Trinajstić information content (AvgIpc) is 2.04. The van der Waals surface area contributed by atoms with Crippen LogP contribution in [0.25, 0.3) is 0 Å². The van der Waals surface area contributed by atoms with Gasteiger partial charge in [-0.15, -0.1) is 0 Å². The van der Waals surface area contributed by atoms with Crippen molar-refractivity contribution in [3.05, 3.63) is 0 Å². The lowest BCUT2D eigenvalue weighted by Gasteiger charge is -2.13. The van der Waals surface area contributed by atoms with Crippen molar-refractivity contribution >= 4 is 0 Å². The van der Waals surface area contributed by atoms with Gasteiger partial charge in [-0.3, -0.25) is 0 Å². The molecule has 2 N–H and O–H groups in total. The first kappa shape index (κ1) is 11.8. The standard InChI is InChI=1S/C8H17F2NO/c1-2-3-4-5-11-6-8(9,10)7-12/h11-12H,2-7H2,1H3. The Labute approximate surface area is 72.0 Å². The third-order valence-electron chi connectivity index (χ3n) is 1.57. The van der Waals surface area contributed by atoms with Gasteiger partial charge in [0.25, 0.3) is 5.92 Å². The topological polar surface area (TPSA) is 32.3 Å². The molecule has 0 atom stereocenters. The highest BCUT2D eigenvalue weighted by Crippen LogP contribution is 2.09. The summed E-state index contributed by atoms with van der Waals surface area (Å²) in [5.74, 6) is -2.97. The van der Waals surface area contributed by atoms with E-state index < -0.39 is 19.1 Å². The third kappa shape index (κ3) is 6.49. The van der Waals surface area contributed by atoms with Gasteiger partial charge in [-0.2, -0.15) is 0 Å². The SMILES string of the molecule is CCCCCNCC(F)(F)CO. The Morgan fingerprint density at radius 1 is 1.33 bits per heavy atom. The van der Waals surface area contributed by atoms with E-state index in [1.807, 2.05) is 0 Å². The Hall–Kier alpha value is -0.220. The zero-order chi connectivity index (χ0) is 9.45. The molecule has 0 aromatic heterocycles. The summed E-state index contributed by atoms with van der Waals surface area (Å²) >= 11 is 0. The molecule has 2 nitrogen and oxygen atoms in total. The van der Waals surface area contributed by atoms with Crippen LogP contribution in [0.2, 0.25) is 0 Å². The molecule has 0 unspecified atom stereocenters. The van der Waals surface area contributed by atoms with Crippen LogP contribution in [-0.4, -0.2) is 30.7 Å². The van der Waals surface area contributed by atoms with E-state index in [1.54, 1.807) is 0 Å². The van der Waals surface area contributed by atoms with Gasteiger partial charge in [0.1, 0.15) is 6.61 Å². The predicted octanol–water partition coefficient (Wildman–Crippen LogP) is 1.39. The highest BCUT2D eigenvalue weighted by Gasteiger charge is 2.26. The predicted molar refractivity (Wildman–Crippen MR) is 44.4 cm³/mol. The molecule has 0 saturated heterocycles. The molecule has 0 rings (SSSR count). The minimum atomic E-state index is -2.97. The number of rotatable bonds is 7. The zero-order valence-electron chi connectivity index (χ0n) is 7.45. The Balaban J connectivity index is 3.19. The van der Waals surface area contributed by atoms with Crippen LogP contribution in [0.3, 0.4) is 0 Å². The summed E-state index contributed by atoms with van der Waals surface area (Å²) < 4.78 is 24.7. The zero-order valence-corrected chi connectivity index (χ0v) is 7.45. The van der Waals surface area contributed by atoms with Crippen LogP contribution in [-0.2, 0) is 0 Å². The fourth-order valence-corrected chi connectivity index (χ4v) is 0.827. The number of aliphatic hydroxyl groups excluding tert-OH is 1. The van der Waals surface area contributed by atoms with Crippen molar-refractivity contribution in [1.29, 1.82) is 0 Å². The number of aliphatic hydroxyl groups is 1. The molecule has 74 valence electrons. The number of hydrogen-bond donors (Lipinski definition) is 2. The minimum Gasteiger partial charge on any atom is -0.390 e. The average molecular weight is 181 g/mol. The molecule has 0 aliphatic heterocycles. The summed E-state index contributed by atoms with van der Waals surface area (Å²) in [6, 6.07) is 0. The van der Waals surface area contributed by atoms with Crippen LogP contribution < -0.4 is 5.32 Å². The molecule has 0 aliphatic carbocycles. The Kier molecular flexibility index (Phi) is 6.20. The van der Waals surface area contributed by atoms with E-state index in [-0.39, 0.29) is 0 Å². The highest BCUT2D eigenvalue weighted by molar-refractivity contribution is 4.67. The van der Waals surface area contributed by atoms with Crippen molar-refractivity contribution in [3.63, 3.8) is 0 Å². The fraction of sp³-hybridized carbons (Fsp3) is 1.00. The summed E-state index contributed by atoms with van der Waals surface area (Å²) in [4.78, 5) is 0. The second-order valence-corrected chi connectivity index (χ2v) is 2.90. The molecule has 4 heteroatoms. The Bertz CT molecular complexity index is 109. The molecule has 0 spiro atoms. The molecule has 0 aromatic rings. The Morgan fingerprint density at radius 3 is 2.50 bits per heavy atom. The Morgan fingerprint density at radius 2 is 2.00 bits per heavy atom. The second kappa shape index (κ2) is 6.31. The maximum Gasteiger partial charge on any atom is 0.282 e. The van der Waals surface area contributed by atoms with Crippen LogP contribution in [0.15, 0.2) is 0 Å². The van der Waals surface area contributed by atoms with Gasteiger partial charge in [-0.05, 0) is 13.0 Å². The number of hydrogen-bond acceptors (Lipinski definition) is 2. The molecule has 12 heavy (non-hydrogen) atoms. The van der Waals surface area contributed by atoms with Gasteiger partial charge < -0.3 is 10.4 Å². The maximum atomic E-state index is 12.3. The number of unbranched alkanes of at least 4 members (excludes halogenated alkanes) is 2. The molecule has 0 amide bonds. The number of halogens is 2. The third-order valence-corrected chi connectivity index (χ3v) is 1.57. The monoisotopic (exact) mass is 181 g/mol. The normalized spacial score (nSPS) is 12.0. The summed E-state index contributed by atoms with van der Waals surface area (Å²) in [7, 11) is 0. The fourth-order valence-electron chi connectivity index (χ4n) is 0.827. The quantitative estimate of drug-likeness (QED) is 0.582. The van der Waals surface area contributed by atoms with Crippen LogP contribution in [0.5, 0.6) is 0 Å². The van der Waals surface area contributed by atoms with Crippen molar-refractivity contribution in [3.8, 4) is 0 Å². The first-order valence-electron chi connectivity index (χ1n) is 4.32. The molecular formula is C8H17F2NO. The van der Waals surface area contributed by atoms with Crippen LogP contribution in [0.1, 0.15) is 26.2 Å². The molecule has 0 heterocycles. The van der Waals surface area contributed by atoms with E-state index in [0.29, 0.717) is 6.54 Å². The van der Waals surface area contributed by atoms with Crippen molar-refractivity contribution in [2.45, 2.75) is 32.1 Å². The smallest absolute Gasteiger partial charge is 0.282 e. The van der Waals surface area contributed by atoms with Gasteiger partial charge in [-0.25, -0.2) is 8.78 Å². The highest BCUT2D eigenvalue weighted by atomic mass is 19.3. The molecular weight excluding hydrogens is 164 g/mol. The van der Waals surface area contributed by atoms with Gasteiger partial charge >= 0.3 is 0 Å². The first-order chi connectivity index (χ1) is 5.62. The van der Waals surface area contributed by atoms with E-state index in [4.69, 9.17) is 5.11 Å². The largest absolute Gasteiger partial charge is 0.390 e. The second-order valence-electron chi connectivity index (χ2n) is 2.90. The minimum absolute atomic E-state index is 0.423. The van der Waals surface area contributed by atoms with E-state index in [9.17, 15) is 8.78 Å². The molecule has 0 fully saturated rings. The van der Waals surface area contributed by atoms with Gasteiger partial charge in [0, 0.05) is 0 Å². The van der Waals surface area contributed by atoms with Crippen molar-refractivity contribution in [1.82, 2.24) is 5.32 Å². The van der Waals surface area contributed by atoms with Gasteiger partial charge in [-0.1, -0.05) is 19.8 Å². The van der Waals surface area contributed by atoms with E-state index >= 15 is 0 Å². The summed E-state index contributed by atoms with van der Waals surface area (Å²) in [5, 5.41) is 10.8. The maximum absolute atomic E-state index is 12.3. The summed E-state index contributed by atoms with van der Waals surface area (Å²) in [6.45, 7) is 1.16. The van der Waals surface area contributed by atoms with Gasteiger partial charge in [0.05, 0.1) is 6.54 Å². The lowest BCUT2D eigenvalue weighted by Crippen LogP contribution is -2.36. The lowest BCUT2D eigenvalue weighted by atomic mass is 10.2. The lowest BCUT2D eigenvalue weighted by molar-refractivity contribution is -0.0474. The van der Waals surface area contributed by atoms with E-state index in [1.165, 1.54) is 0 Å². The molecule has 0 saturated carbocycles. The van der Waals surface area contributed by atoms with Crippen LogP contribution in [0, 0.1) is 0 Å². The summed E-state index contributed by atoms with van der Waals surface area (Å²) in [6.07, 6.45) is 3.05. The van der Waals surface area contributed by atoms with Crippen molar-refractivity contribution < 1.29 is 13.9 Å². The van der Waals surface area contributed by atoms with Crippen LogP contribution in [0.4, 0.5) is 8.78 Å². The van der Waals surface area contributed by atoms with E-state index in [0.717, 1.165) is 19.3 Å². The van der Waals surface area contributed by atoms with Gasteiger partial charge in [0.15, 0.2) is 0 Å². The molecule has 0 aliphatic rings. The van der Waals surface area contributed by atoms with Crippen LogP contribution >= 0.6 is 0 Å². The molecule has 0 aromatic carbocycles. The number of alkyl halides is 2.